The van der Waals surface area contributed by atoms with Crippen molar-refractivity contribution in [1.29, 1.82) is 0 Å². The lowest BCUT2D eigenvalue weighted by Gasteiger charge is -2.02. The molecule has 2 rings (SSSR count). The molecular formula is C10H11N3. The summed E-state index contributed by atoms with van der Waals surface area (Å²) in [6.45, 7) is 0.648. The lowest BCUT2D eigenvalue weighted by atomic mass is 10.1. The van der Waals surface area contributed by atoms with E-state index < -0.39 is 0 Å². The van der Waals surface area contributed by atoms with Gasteiger partial charge in [0.2, 0.25) is 0 Å². The summed E-state index contributed by atoms with van der Waals surface area (Å²) in [6.07, 6.45) is 8.20. The molecule has 0 bridgehead atoms. The van der Waals surface area contributed by atoms with Crippen molar-refractivity contribution in [3.05, 3.63) is 36.4 Å². The number of pyridine rings is 2. The predicted molar refractivity (Wildman–Crippen MR) is 52.3 cm³/mol. The number of aromatic nitrogens is 2. The molecule has 0 unspecified atom stereocenters. The summed E-state index contributed by atoms with van der Waals surface area (Å²) in [6, 6.07) is 1.96. The van der Waals surface area contributed by atoms with Gasteiger partial charge in [0.05, 0.1) is 0 Å². The largest absolute Gasteiger partial charge is 0.330 e. The second-order valence-electron chi connectivity index (χ2n) is 2.93. The maximum absolute atomic E-state index is 5.50. The fraction of sp³-hybridized carbons (Fsp3) is 0.200. The Balaban J connectivity index is 2.61. The molecule has 0 atom stereocenters. The molecule has 0 aromatic carbocycles. The van der Waals surface area contributed by atoms with Crippen LogP contribution >= 0.6 is 0 Å². The van der Waals surface area contributed by atoms with Crippen LogP contribution in [0.3, 0.4) is 0 Å². The van der Waals surface area contributed by atoms with E-state index in [9.17, 15) is 0 Å². The SMILES string of the molecule is NCCc1cncc2ccncc12. The molecule has 0 spiro atoms. The third-order valence-electron chi connectivity index (χ3n) is 2.06. The van der Waals surface area contributed by atoms with E-state index in [4.69, 9.17) is 5.73 Å². The Morgan fingerprint density at radius 1 is 1.15 bits per heavy atom. The zero-order chi connectivity index (χ0) is 9.10. The van der Waals surface area contributed by atoms with Crippen LogP contribution in [0.4, 0.5) is 0 Å². The Labute approximate surface area is 76.6 Å². The quantitative estimate of drug-likeness (QED) is 0.740. The van der Waals surface area contributed by atoms with Gasteiger partial charge >= 0.3 is 0 Å². The van der Waals surface area contributed by atoms with Gasteiger partial charge < -0.3 is 5.73 Å². The highest BCUT2D eigenvalue weighted by atomic mass is 14.7. The molecule has 3 heteroatoms. The van der Waals surface area contributed by atoms with Gasteiger partial charge in [-0.3, -0.25) is 9.97 Å². The van der Waals surface area contributed by atoms with E-state index in [0.717, 1.165) is 17.2 Å². The first-order valence-corrected chi connectivity index (χ1v) is 4.28. The first kappa shape index (κ1) is 8.13. The molecule has 0 fully saturated rings. The number of nitrogens with two attached hydrogens (primary N) is 1. The summed E-state index contributed by atoms with van der Waals surface area (Å²) in [5.41, 5.74) is 6.68. The summed E-state index contributed by atoms with van der Waals surface area (Å²) >= 11 is 0. The van der Waals surface area contributed by atoms with Gasteiger partial charge in [0, 0.05) is 35.6 Å². The average Bonchev–Trinajstić information content (AvgIpc) is 2.19. The van der Waals surface area contributed by atoms with Crippen LogP contribution in [0.1, 0.15) is 5.56 Å². The molecule has 0 saturated heterocycles. The first-order chi connectivity index (χ1) is 6.42. The van der Waals surface area contributed by atoms with Crippen molar-refractivity contribution >= 4 is 10.8 Å². The van der Waals surface area contributed by atoms with Crippen molar-refractivity contribution in [2.24, 2.45) is 5.73 Å². The lowest BCUT2D eigenvalue weighted by Crippen LogP contribution is -2.03. The van der Waals surface area contributed by atoms with Crippen LogP contribution in [0.2, 0.25) is 0 Å². The monoisotopic (exact) mass is 173 g/mol. The van der Waals surface area contributed by atoms with E-state index in [0.29, 0.717) is 6.54 Å². The normalized spacial score (nSPS) is 10.5. The van der Waals surface area contributed by atoms with E-state index in [1.807, 2.05) is 24.7 Å². The van der Waals surface area contributed by atoms with Gasteiger partial charge in [-0.05, 0) is 24.6 Å². The molecule has 2 aromatic heterocycles. The van der Waals surface area contributed by atoms with Crippen LogP contribution in [0, 0.1) is 0 Å². The molecular weight excluding hydrogens is 162 g/mol. The van der Waals surface area contributed by atoms with Crippen LogP contribution in [-0.2, 0) is 6.42 Å². The smallest absolute Gasteiger partial charge is 0.0350 e. The number of hydrogen-bond acceptors (Lipinski definition) is 3. The minimum Gasteiger partial charge on any atom is -0.330 e. The summed E-state index contributed by atoms with van der Waals surface area (Å²) in [7, 11) is 0. The summed E-state index contributed by atoms with van der Waals surface area (Å²) < 4.78 is 0. The minimum absolute atomic E-state index is 0.648. The molecule has 13 heavy (non-hydrogen) atoms. The maximum atomic E-state index is 5.50. The van der Waals surface area contributed by atoms with Crippen molar-refractivity contribution in [1.82, 2.24) is 9.97 Å². The maximum Gasteiger partial charge on any atom is 0.0350 e. The van der Waals surface area contributed by atoms with Crippen LogP contribution in [0.25, 0.3) is 10.8 Å². The van der Waals surface area contributed by atoms with Crippen LogP contribution < -0.4 is 5.73 Å². The van der Waals surface area contributed by atoms with Gasteiger partial charge in [-0.15, -0.1) is 0 Å². The molecule has 0 aliphatic carbocycles. The highest BCUT2D eigenvalue weighted by Gasteiger charge is 1.99. The van der Waals surface area contributed by atoms with Crippen LogP contribution in [0.5, 0.6) is 0 Å². The van der Waals surface area contributed by atoms with Crippen molar-refractivity contribution in [2.45, 2.75) is 6.42 Å². The van der Waals surface area contributed by atoms with E-state index in [1.54, 1.807) is 6.20 Å². The molecule has 0 aliphatic heterocycles. The molecule has 2 aromatic rings. The average molecular weight is 173 g/mol. The fourth-order valence-corrected chi connectivity index (χ4v) is 1.42. The van der Waals surface area contributed by atoms with Gasteiger partial charge in [0.25, 0.3) is 0 Å². The molecule has 3 nitrogen and oxygen atoms in total. The highest BCUT2D eigenvalue weighted by molar-refractivity contribution is 5.83. The Kier molecular flexibility index (Phi) is 2.19. The molecule has 0 radical (unpaired) electrons. The highest BCUT2D eigenvalue weighted by Crippen LogP contribution is 2.15. The van der Waals surface area contributed by atoms with Gasteiger partial charge in [0.15, 0.2) is 0 Å². The fourth-order valence-electron chi connectivity index (χ4n) is 1.42. The Hall–Kier alpha value is -1.48. The Morgan fingerprint density at radius 3 is 2.92 bits per heavy atom. The van der Waals surface area contributed by atoms with Gasteiger partial charge in [0.1, 0.15) is 0 Å². The summed E-state index contributed by atoms with van der Waals surface area (Å²) in [4.78, 5) is 8.24. The van der Waals surface area contributed by atoms with E-state index in [-0.39, 0.29) is 0 Å². The van der Waals surface area contributed by atoms with E-state index in [2.05, 4.69) is 9.97 Å². The van der Waals surface area contributed by atoms with Gasteiger partial charge in [-0.1, -0.05) is 0 Å². The predicted octanol–water partition coefficient (Wildman–Crippen LogP) is 1.13. The van der Waals surface area contributed by atoms with Crippen molar-refractivity contribution in [3.63, 3.8) is 0 Å². The topological polar surface area (TPSA) is 51.8 Å². The number of hydrogen-bond donors (Lipinski definition) is 1. The zero-order valence-electron chi connectivity index (χ0n) is 7.27. The van der Waals surface area contributed by atoms with Gasteiger partial charge in [-0.2, -0.15) is 0 Å². The summed E-state index contributed by atoms with van der Waals surface area (Å²) in [5, 5.41) is 2.28. The molecule has 0 saturated carbocycles. The molecule has 2 heterocycles. The van der Waals surface area contributed by atoms with Crippen molar-refractivity contribution in [2.75, 3.05) is 6.54 Å². The number of fused-ring (bicyclic) bond motifs is 1. The molecule has 0 aliphatic rings. The lowest BCUT2D eigenvalue weighted by molar-refractivity contribution is 0.968. The van der Waals surface area contributed by atoms with Gasteiger partial charge in [-0.25, -0.2) is 0 Å². The number of rotatable bonds is 2. The molecule has 66 valence electrons. The second-order valence-corrected chi connectivity index (χ2v) is 2.93. The summed E-state index contributed by atoms with van der Waals surface area (Å²) in [5.74, 6) is 0. The van der Waals surface area contributed by atoms with Crippen LogP contribution in [0.15, 0.2) is 30.9 Å². The van der Waals surface area contributed by atoms with Crippen LogP contribution in [-0.4, -0.2) is 16.5 Å². The Morgan fingerprint density at radius 2 is 2.08 bits per heavy atom. The third-order valence-corrected chi connectivity index (χ3v) is 2.06. The van der Waals surface area contributed by atoms with Crippen molar-refractivity contribution in [3.8, 4) is 0 Å². The first-order valence-electron chi connectivity index (χ1n) is 4.28. The minimum atomic E-state index is 0.648. The number of nitrogens with zero attached hydrogens (tertiary/aromatic N) is 2. The van der Waals surface area contributed by atoms with E-state index in [1.165, 1.54) is 5.56 Å². The zero-order valence-corrected chi connectivity index (χ0v) is 7.27. The standard InChI is InChI=1S/C10H11N3/c11-3-1-8-5-13-6-9-2-4-12-7-10(8)9/h2,4-7H,1,3,11H2. The van der Waals surface area contributed by atoms with Crippen molar-refractivity contribution < 1.29 is 0 Å². The molecule has 2 N–H and O–H groups in total. The third kappa shape index (κ3) is 1.51. The van der Waals surface area contributed by atoms with E-state index >= 15 is 0 Å². The Bertz CT molecular complexity index is 406. The second kappa shape index (κ2) is 3.49. The molecule has 0 amide bonds.